The van der Waals surface area contributed by atoms with Gasteiger partial charge in [0.15, 0.2) is 5.75 Å². The van der Waals surface area contributed by atoms with Crippen LogP contribution in [0.15, 0.2) is 72.8 Å². The first kappa shape index (κ1) is 20.2. The van der Waals surface area contributed by atoms with Crippen molar-refractivity contribution in [1.82, 2.24) is 5.32 Å². The summed E-state index contributed by atoms with van der Waals surface area (Å²) in [6, 6.07) is 20.7. The zero-order valence-electron chi connectivity index (χ0n) is 15.6. The van der Waals surface area contributed by atoms with Crippen LogP contribution in [0.2, 0.25) is 5.02 Å². The molecule has 7 heteroatoms. The molecule has 3 rings (SSSR count). The van der Waals surface area contributed by atoms with Gasteiger partial charge in [-0.1, -0.05) is 41.9 Å². The standard InChI is InChI=1S/C22H19ClN2O4/c1-28-16-8-6-7-15(13-16)22(27)24-14-21(26)25-18-10-3-5-12-20(18)29-19-11-4-2-9-17(19)23/h2-13H,14H2,1H3,(H,24,27)(H,25,26). The average molecular weight is 411 g/mol. The fraction of sp³-hybridized carbons (Fsp3) is 0.0909. The maximum Gasteiger partial charge on any atom is 0.251 e. The van der Waals surface area contributed by atoms with E-state index in [1.54, 1.807) is 72.8 Å². The van der Waals surface area contributed by atoms with Crippen LogP contribution >= 0.6 is 11.6 Å². The lowest BCUT2D eigenvalue weighted by molar-refractivity contribution is -0.115. The molecule has 0 unspecified atom stereocenters. The number of anilines is 1. The van der Waals surface area contributed by atoms with E-state index in [0.29, 0.717) is 33.5 Å². The molecule has 2 amide bonds. The number of carbonyl (C=O) groups is 2. The van der Waals surface area contributed by atoms with E-state index in [-0.39, 0.29) is 12.5 Å². The second kappa shape index (κ2) is 9.61. The number of carbonyl (C=O) groups excluding carboxylic acids is 2. The van der Waals surface area contributed by atoms with Gasteiger partial charge in [-0.3, -0.25) is 9.59 Å². The van der Waals surface area contributed by atoms with E-state index in [1.165, 1.54) is 7.11 Å². The summed E-state index contributed by atoms with van der Waals surface area (Å²) in [5.74, 6) is 0.708. The lowest BCUT2D eigenvalue weighted by atomic mass is 10.2. The smallest absolute Gasteiger partial charge is 0.251 e. The fourth-order valence-electron chi connectivity index (χ4n) is 2.53. The maximum atomic E-state index is 12.3. The van der Waals surface area contributed by atoms with Crippen LogP contribution in [0.1, 0.15) is 10.4 Å². The predicted molar refractivity (Wildman–Crippen MR) is 112 cm³/mol. The Hall–Kier alpha value is -3.51. The molecule has 0 atom stereocenters. The molecule has 29 heavy (non-hydrogen) atoms. The summed E-state index contributed by atoms with van der Waals surface area (Å²) < 4.78 is 10.9. The number of hydrogen-bond acceptors (Lipinski definition) is 4. The topological polar surface area (TPSA) is 76.7 Å². The van der Waals surface area contributed by atoms with Crippen molar-refractivity contribution in [3.8, 4) is 17.2 Å². The highest BCUT2D eigenvalue weighted by atomic mass is 35.5. The van der Waals surface area contributed by atoms with E-state index in [2.05, 4.69) is 10.6 Å². The Labute approximate surface area is 173 Å². The van der Waals surface area contributed by atoms with Crippen molar-refractivity contribution in [2.24, 2.45) is 0 Å². The zero-order chi connectivity index (χ0) is 20.6. The third-order valence-electron chi connectivity index (χ3n) is 3.96. The second-order valence-corrected chi connectivity index (χ2v) is 6.40. The number of para-hydroxylation sites is 3. The first-order chi connectivity index (χ1) is 14.1. The van der Waals surface area contributed by atoms with Gasteiger partial charge in [0.25, 0.3) is 5.91 Å². The largest absolute Gasteiger partial charge is 0.497 e. The molecule has 2 N–H and O–H groups in total. The highest BCUT2D eigenvalue weighted by Gasteiger charge is 2.12. The summed E-state index contributed by atoms with van der Waals surface area (Å²) in [7, 11) is 1.52. The number of rotatable bonds is 7. The van der Waals surface area contributed by atoms with Crippen LogP contribution in [-0.4, -0.2) is 25.5 Å². The molecule has 0 radical (unpaired) electrons. The van der Waals surface area contributed by atoms with Crippen LogP contribution in [0.25, 0.3) is 0 Å². The normalized spacial score (nSPS) is 10.1. The minimum Gasteiger partial charge on any atom is -0.497 e. The third kappa shape index (κ3) is 5.49. The van der Waals surface area contributed by atoms with Crippen LogP contribution in [0.5, 0.6) is 17.2 Å². The van der Waals surface area contributed by atoms with Gasteiger partial charge in [-0.05, 0) is 42.5 Å². The first-order valence-corrected chi connectivity index (χ1v) is 9.18. The van der Waals surface area contributed by atoms with Gasteiger partial charge in [-0.25, -0.2) is 0 Å². The Morgan fingerprint density at radius 3 is 2.41 bits per heavy atom. The zero-order valence-corrected chi connectivity index (χ0v) is 16.4. The van der Waals surface area contributed by atoms with Crippen LogP contribution in [-0.2, 0) is 4.79 Å². The summed E-state index contributed by atoms with van der Waals surface area (Å²) >= 11 is 6.13. The van der Waals surface area contributed by atoms with Crippen molar-refractivity contribution in [2.75, 3.05) is 19.0 Å². The van der Waals surface area contributed by atoms with Gasteiger partial charge >= 0.3 is 0 Å². The van der Waals surface area contributed by atoms with Crippen molar-refractivity contribution in [2.45, 2.75) is 0 Å². The lowest BCUT2D eigenvalue weighted by Crippen LogP contribution is -2.32. The van der Waals surface area contributed by atoms with E-state index in [0.717, 1.165) is 0 Å². The van der Waals surface area contributed by atoms with Crippen molar-refractivity contribution < 1.29 is 19.1 Å². The van der Waals surface area contributed by atoms with Crippen LogP contribution in [0.4, 0.5) is 5.69 Å². The number of ether oxygens (including phenoxy) is 2. The third-order valence-corrected chi connectivity index (χ3v) is 4.27. The molecular formula is C22H19ClN2O4. The number of benzene rings is 3. The molecule has 0 aliphatic rings. The molecular weight excluding hydrogens is 392 g/mol. The van der Waals surface area contributed by atoms with E-state index < -0.39 is 5.91 Å². The minimum absolute atomic E-state index is 0.198. The molecule has 0 aliphatic heterocycles. The Kier molecular flexibility index (Phi) is 6.71. The number of hydrogen-bond donors (Lipinski definition) is 2. The Balaban J connectivity index is 1.62. The molecule has 0 saturated heterocycles. The quantitative estimate of drug-likeness (QED) is 0.600. The molecule has 0 bridgehead atoms. The van der Waals surface area contributed by atoms with E-state index in [1.807, 2.05) is 0 Å². The highest BCUT2D eigenvalue weighted by Crippen LogP contribution is 2.33. The van der Waals surface area contributed by atoms with Crippen LogP contribution in [0.3, 0.4) is 0 Å². The van der Waals surface area contributed by atoms with Gasteiger partial charge in [-0.15, -0.1) is 0 Å². The number of halogens is 1. The summed E-state index contributed by atoms with van der Waals surface area (Å²) in [6.45, 7) is -0.198. The molecule has 0 saturated carbocycles. The van der Waals surface area contributed by atoms with E-state index in [4.69, 9.17) is 21.1 Å². The molecule has 148 valence electrons. The summed E-state index contributed by atoms with van der Waals surface area (Å²) in [4.78, 5) is 24.5. The molecule has 0 spiro atoms. The van der Waals surface area contributed by atoms with Crippen LogP contribution in [0, 0.1) is 0 Å². The first-order valence-electron chi connectivity index (χ1n) is 8.80. The van der Waals surface area contributed by atoms with E-state index in [9.17, 15) is 9.59 Å². The van der Waals surface area contributed by atoms with Crippen molar-refractivity contribution in [1.29, 1.82) is 0 Å². The second-order valence-electron chi connectivity index (χ2n) is 5.99. The number of amides is 2. The van der Waals surface area contributed by atoms with Gasteiger partial charge in [0, 0.05) is 5.56 Å². The van der Waals surface area contributed by atoms with Gasteiger partial charge in [0.1, 0.15) is 11.5 Å². The Morgan fingerprint density at radius 2 is 1.66 bits per heavy atom. The summed E-state index contributed by atoms with van der Waals surface area (Å²) in [5, 5.41) is 5.77. The Bertz CT molecular complexity index is 1020. The highest BCUT2D eigenvalue weighted by molar-refractivity contribution is 6.32. The van der Waals surface area contributed by atoms with Crippen molar-refractivity contribution >= 4 is 29.1 Å². The number of methoxy groups -OCH3 is 1. The molecule has 3 aromatic rings. The summed E-state index contributed by atoms with van der Waals surface area (Å²) in [5.41, 5.74) is 0.868. The minimum atomic E-state index is -0.392. The molecule has 0 fully saturated rings. The molecule has 0 aliphatic carbocycles. The SMILES string of the molecule is COc1cccc(C(=O)NCC(=O)Nc2ccccc2Oc2ccccc2Cl)c1. The van der Waals surface area contributed by atoms with Crippen molar-refractivity contribution in [3.63, 3.8) is 0 Å². The fourth-order valence-corrected chi connectivity index (χ4v) is 2.70. The lowest BCUT2D eigenvalue weighted by Gasteiger charge is -2.13. The average Bonchev–Trinajstić information content (AvgIpc) is 2.75. The van der Waals surface area contributed by atoms with Gasteiger partial charge in [0.05, 0.1) is 24.4 Å². The summed E-state index contributed by atoms with van der Waals surface area (Å²) in [6.07, 6.45) is 0. The molecule has 0 aromatic heterocycles. The van der Waals surface area contributed by atoms with Crippen LogP contribution < -0.4 is 20.1 Å². The van der Waals surface area contributed by atoms with E-state index >= 15 is 0 Å². The molecule has 0 heterocycles. The Morgan fingerprint density at radius 1 is 0.931 bits per heavy atom. The number of nitrogens with one attached hydrogen (secondary N) is 2. The predicted octanol–water partition coefficient (Wildman–Crippen LogP) is 4.51. The van der Waals surface area contributed by atoms with Gasteiger partial charge in [-0.2, -0.15) is 0 Å². The molecule has 6 nitrogen and oxygen atoms in total. The maximum absolute atomic E-state index is 12.3. The van der Waals surface area contributed by atoms with Gasteiger partial charge < -0.3 is 20.1 Å². The monoisotopic (exact) mass is 410 g/mol. The van der Waals surface area contributed by atoms with Crippen molar-refractivity contribution in [3.05, 3.63) is 83.4 Å². The molecule has 3 aromatic carbocycles. The van der Waals surface area contributed by atoms with Gasteiger partial charge in [0.2, 0.25) is 5.91 Å².